The molecular weight excluding hydrogens is 196 g/mol. The van der Waals surface area contributed by atoms with Gasteiger partial charge >= 0.3 is 0 Å². The average Bonchev–Trinajstić information content (AvgIpc) is 2.77. The summed E-state index contributed by atoms with van der Waals surface area (Å²) in [4.78, 5) is 3.21. The SMILES string of the molecule is C#CC(CC)NCc1ccc2cc[nH]c2c1. The maximum Gasteiger partial charge on any atom is 0.0686 e. The number of hydrogen-bond acceptors (Lipinski definition) is 1. The summed E-state index contributed by atoms with van der Waals surface area (Å²) >= 11 is 0. The van der Waals surface area contributed by atoms with Crippen molar-refractivity contribution in [3.8, 4) is 12.3 Å². The Morgan fingerprint density at radius 1 is 1.44 bits per heavy atom. The fourth-order valence-corrected chi connectivity index (χ4v) is 1.77. The van der Waals surface area contributed by atoms with Gasteiger partial charge in [-0.15, -0.1) is 6.42 Å². The molecule has 2 N–H and O–H groups in total. The van der Waals surface area contributed by atoms with Crippen molar-refractivity contribution in [1.29, 1.82) is 0 Å². The van der Waals surface area contributed by atoms with Crippen LogP contribution in [0, 0.1) is 12.3 Å². The van der Waals surface area contributed by atoms with Gasteiger partial charge in [0.2, 0.25) is 0 Å². The van der Waals surface area contributed by atoms with Crippen LogP contribution in [0.15, 0.2) is 30.5 Å². The van der Waals surface area contributed by atoms with Crippen LogP contribution in [0.25, 0.3) is 10.9 Å². The molecule has 1 atom stereocenters. The molecule has 16 heavy (non-hydrogen) atoms. The van der Waals surface area contributed by atoms with Gasteiger partial charge in [-0.2, -0.15) is 0 Å². The van der Waals surface area contributed by atoms with Crippen molar-refractivity contribution in [2.24, 2.45) is 0 Å². The van der Waals surface area contributed by atoms with E-state index in [4.69, 9.17) is 6.42 Å². The van der Waals surface area contributed by atoms with E-state index < -0.39 is 0 Å². The van der Waals surface area contributed by atoms with E-state index in [0.717, 1.165) is 13.0 Å². The predicted molar refractivity (Wildman–Crippen MR) is 68.1 cm³/mol. The Bertz CT molecular complexity index is 505. The van der Waals surface area contributed by atoms with Crippen LogP contribution in [-0.4, -0.2) is 11.0 Å². The predicted octanol–water partition coefficient (Wildman–Crippen LogP) is 2.67. The van der Waals surface area contributed by atoms with Gasteiger partial charge in [0.15, 0.2) is 0 Å². The van der Waals surface area contributed by atoms with Crippen molar-refractivity contribution in [2.75, 3.05) is 0 Å². The lowest BCUT2D eigenvalue weighted by atomic mass is 10.1. The van der Waals surface area contributed by atoms with Gasteiger partial charge in [-0.3, -0.25) is 5.32 Å². The van der Waals surface area contributed by atoms with E-state index in [0.29, 0.717) is 0 Å². The van der Waals surface area contributed by atoms with Gasteiger partial charge in [0, 0.05) is 18.3 Å². The second-order valence-corrected chi connectivity index (χ2v) is 3.91. The molecule has 0 aliphatic carbocycles. The van der Waals surface area contributed by atoms with Crippen LogP contribution in [0.3, 0.4) is 0 Å². The van der Waals surface area contributed by atoms with Crippen LogP contribution in [-0.2, 0) is 6.54 Å². The minimum absolute atomic E-state index is 0.166. The number of terminal acetylenes is 1. The smallest absolute Gasteiger partial charge is 0.0686 e. The molecule has 1 aromatic heterocycles. The number of hydrogen-bond donors (Lipinski definition) is 2. The van der Waals surface area contributed by atoms with Gasteiger partial charge in [0.25, 0.3) is 0 Å². The van der Waals surface area contributed by atoms with Crippen molar-refractivity contribution in [3.63, 3.8) is 0 Å². The molecule has 0 saturated carbocycles. The molecule has 2 nitrogen and oxygen atoms in total. The summed E-state index contributed by atoms with van der Waals surface area (Å²) < 4.78 is 0. The quantitative estimate of drug-likeness (QED) is 0.749. The molecule has 0 saturated heterocycles. The van der Waals surface area contributed by atoms with Crippen molar-refractivity contribution in [2.45, 2.75) is 25.9 Å². The van der Waals surface area contributed by atoms with Gasteiger partial charge in [-0.1, -0.05) is 25.0 Å². The third kappa shape index (κ3) is 2.26. The molecule has 0 spiro atoms. The molecule has 1 unspecified atom stereocenters. The van der Waals surface area contributed by atoms with E-state index in [1.54, 1.807) is 0 Å². The van der Waals surface area contributed by atoms with Crippen molar-refractivity contribution < 1.29 is 0 Å². The van der Waals surface area contributed by atoms with Gasteiger partial charge in [0.1, 0.15) is 0 Å². The fraction of sp³-hybridized carbons (Fsp3) is 0.286. The van der Waals surface area contributed by atoms with Crippen molar-refractivity contribution in [3.05, 3.63) is 36.0 Å². The summed E-state index contributed by atoms with van der Waals surface area (Å²) in [5.41, 5.74) is 2.43. The molecule has 2 rings (SSSR count). The Balaban J connectivity index is 2.07. The molecular formula is C14H16N2. The summed E-state index contributed by atoms with van der Waals surface area (Å²) in [6, 6.07) is 8.65. The van der Waals surface area contributed by atoms with Crippen molar-refractivity contribution in [1.82, 2.24) is 10.3 Å². The Labute approximate surface area is 96.1 Å². The zero-order valence-electron chi connectivity index (χ0n) is 9.46. The number of H-pyrrole nitrogens is 1. The fourth-order valence-electron chi connectivity index (χ4n) is 1.77. The number of aromatic amines is 1. The lowest BCUT2D eigenvalue weighted by molar-refractivity contribution is 0.593. The standard InChI is InChI=1S/C14H16N2/c1-3-13(4-2)16-10-11-5-6-12-7-8-15-14(12)9-11/h1,5-9,13,15-16H,4,10H2,2H3. The van der Waals surface area contributed by atoms with Crippen LogP contribution < -0.4 is 5.32 Å². The second kappa shape index (κ2) is 4.87. The molecule has 1 heterocycles. The first-order valence-electron chi connectivity index (χ1n) is 5.59. The zero-order valence-corrected chi connectivity index (χ0v) is 9.46. The lowest BCUT2D eigenvalue weighted by Gasteiger charge is -2.10. The van der Waals surface area contributed by atoms with Gasteiger partial charge in [-0.05, 0) is 29.5 Å². The van der Waals surface area contributed by atoms with Crippen LogP contribution in [0.4, 0.5) is 0 Å². The van der Waals surface area contributed by atoms with Gasteiger partial charge < -0.3 is 4.98 Å². The molecule has 82 valence electrons. The van der Waals surface area contributed by atoms with E-state index in [-0.39, 0.29) is 6.04 Å². The van der Waals surface area contributed by atoms with Crippen molar-refractivity contribution >= 4 is 10.9 Å². The summed E-state index contributed by atoms with van der Waals surface area (Å²) in [6.45, 7) is 2.91. The third-order valence-electron chi connectivity index (χ3n) is 2.78. The minimum atomic E-state index is 0.166. The summed E-state index contributed by atoms with van der Waals surface area (Å²) in [7, 11) is 0. The minimum Gasteiger partial charge on any atom is -0.361 e. The number of aromatic nitrogens is 1. The topological polar surface area (TPSA) is 27.8 Å². The second-order valence-electron chi connectivity index (χ2n) is 3.91. The monoisotopic (exact) mass is 212 g/mol. The Hall–Kier alpha value is -1.72. The first-order chi connectivity index (χ1) is 7.83. The maximum absolute atomic E-state index is 5.40. The molecule has 2 heteroatoms. The molecule has 0 bridgehead atoms. The number of rotatable bonds is 4. The van der Waals surface area contributed by atoms with Crippen LogP contribution in [0.5, 0.6) is 0 Å². The molecule has 0 radical (unpaired) electrons. The van der Waals surface area contributed by atoms with E-state index >= 15 is 0 Å². The summed E-state index contributed by atoms with van der Waals surface area (Å²) in [5.74, 6) is 2.74. The largest absolute Gasteiger partial charge is 0.361 e. The maximum atomic E-state index is 5.40. The Morgan fingerprint density at radius 3 is 3.06 bits per heavy atom. The highest BCUT2D eigenvalue weighted by molar-refractivity contribution is 5.79. The number of benzene rings is 1. The highest BCUT2D eigenvalue weighted by atomic mass is 14.9. The van der Waals surface area contributed by atoms with Crippen LogP contribution >= 0.6 is 0 Å². The number of nitrogens with one attached hydrogen (secondary N) is 2. The normalized spacial score (nSPS) is 12.5. The molecule has 1 aromatic carbocycles. The number of fused-ring (bicyclic) bond motifs is 1. The first kappa shape index (κ1) is 10.8. The van der Waals surface area contributed by atoms with E-state index in [1.165, 1.54) is 16.5 Å². The van der Waals surface area contributed by atoms with E-state index in [2.05, 4.69) is 47.4 Å². The molecule has 2 aromatic rings. The molecule has 0 amide bonds. The highest BCUT2D eigenvalue weighted by Gasteiger charge is 2.01. The van der Waals surface area contributed by atoms with Crippen LogP contribution in [0.1, 0.15) is 18.9 Å². The van der Waals surface area contributed by atoms with E-state index in [1.807, 2.05) is 6.20 Å². The van der Waals surface area contributed by atoms with Gasteiger partial charge in [0.05, 0.1) is 6.04 Å². The summed E-state index contributed by atoms with van der Waals surface area (Å²) in [6.07, 6.45) is 8.32. The highest BCUT2D eigenvalue weighted by Crippen LogP contribution is 2.14. The lowest BCUT2D eigenvalue weighted by Crippen LogP contribution is -2.26. The first-order valence-corrected chi connectivity index (χ1v) is 5.59. The molecule has 0 fully saturated rings. The molecule has 0 aliphatic rings. The Kier molecular flexibility index (Phi) is 3.28. The van der Waals surface area contributed by atoms with Gasteiger partial charge in [-0.25, -0.2) is 0 Å². The van der Waals surface area contributed by atoms with Crippen LogP contribution in [0.2, 0.25) is 0 Å². The molecule has 0 aliphatic heterocycles. The summed E-state index contributed by atoms with van der Waals surface area (Å²) in [5, 5.41) is 4.59. The zero-order chi connectivity index (χ0) is 11.4. The third-order valence-corrected chi connectivity index (χ3v) is 2.78. The average molecular weight is 212 g/mol. The Morgan fingerprint density at radius 2 is 2.31 bits per heavy atom. The van der Waals surface area contributed by atoms with E-state index in [9.17, 15) is 0 Å².